The van der Waals surface area contributed by atoms with Crippen LogP contribution in [-0.4, -0.2) is 61.6 Å². The number of nitrogens with zero attached hydrogens (tertiary/aromatic N) is 4. The maximum atomic E-state index is 10.4. The Morgan fingerprint density at radius 2 is 1.88 bits per heavy atom. The van der Waals surface area contributed by atoms with Crippen LogP contribution in [0.4, 0.5) is 11.8 Å². The van der Waals surface area contributed by atoms with Crippen molar-refractivity contribution >= 4 is 11.8 Å². The largest absolute Gasteiger partial charge is 0.392 e. The van der Waals surface area contributed by atoms with Crippen LogP contribution in [0.5, 0.6) is 0 Å². The third-order valence-corrected chi connectivity index (χ3v) is 6.57. The van der Waals surface area contributed by atoms with E-state index >= 15 is 0 Å². The van der Waals surface area contributed by atoms with Gasteiger partial charge in [0, 0.05) is 51.7 Å². The molecular weight excluding hydrogens is 316 g/mol. The first kappa shape index (κ1) is 17.0. The monoisotopic (exact) mass is 346 g/mol. The number of piperidine rings is 1. The van der Waals surface area contributed by atoms with Gasteiger partial charge in [0.15, 0.2) is 0 Å². The second-order valence-electron chi connectivity index (χ2n) is 8.07. The molecule has 1 N–H and O–H groups in total. The van der Waals surface area contributed by atoms with Crippen LogP contribution in [0, 0.1) is 5.41 Å². The van der Waals surface area contributed by atoms with Gasteiger partial charge in [0.1, 0.15) is 5.82 Å². The highest BCUT2D eigenvalue weighted by atomic mass is 16.5. The molecule has 2 atom stereocenters. The SMILES string of the molecule is CO[C@H]1C[C@@H](O)C12CCN(c1nc(N(C)C)nc3c1CCCC3)CC2. The summed E-state index contributed by atoms with van der Waals surface area (Å²) in [5, 5.41) is 10.4. The second-order valence-corrected chi connectivity index (χ2v) is 8.07. The van der Waals surface area contributed by atoms with Crippen LogP contribution in [0.2, 0.25) is 0 Å². The van der Waals surface area contributed by atoms with E-state index in [1.807, 2.05) is 19.0 Å². The number of aliphatic hydroxyl groups is 1. The summed E-state index contributed by atoms with van der Waals surface area (Å²) in [6.07, 6.45) is 7.33. The van der Waals surface area contributed by atoms with Gasteiger partial charge in [-0.3, -0.25) is 0 Å². The van der Waals surface area contributed by atoms with Crippen molar-refractivity contribution < 1.29 is 9.84 Å². The van der Waals surface area contributed by atoms with Gasteiger partial charge in [-0.25, -0.2) is 4.98 Å². The first-order valence-electron chi connectivity index (χ1n) is 9.58. The van der Waals surface area contributed by atoms with Gasteiger partial charge >= 0.3 is 0 Å². The Kier molecular flexibility index (Phi) is 4.36. The van der Waals surface area contributed by atoms with Crippen LogP contribution in [-0.2, 0) is 17.6 Å². The van der Waals surface area contributed by atoms with Crippen molar-refractivity contribution in [3.63, 3.8) is 0 Å². The molecule has 4 rings (SSSR count). The number of aryl methyl sites for hydroxylation is 1. The summed E-state index contributed by atoms with van der Waals surface area (Å²) in [5.74, 6) is 1.94. The summed E-state index contributed by atoms with van der Waals surface area (Å²) in [6, 6.07) is 0. The number of methoxy groups -OCH3 is 1. The fourth-order valence-corrected chi connectivity index (χ4v) is 4.87. The number of hydrogen-bond donors (Lipinski definition) is 1. The highest BCUT2D eigenvalue weighted by molar-refractivity contribution is 5.54. The van der Waals surface area contributed by atoms with E-state index in [0.29, 0.717) is 0 Å². The van der Waals surface area contributed by atoms with Crippen LogP contribution < -0.4 is 9.80 Å². The van der Waals surface area contributed by atoms with Crippen molar-refractivity contribution in [3.8, 4) is 0 Å². The minimum Gasteiger partial charge on any atom is -0.392 e. The topological polar surface area (TPSA) is 61.7 Å². The Bertz CT molecular complexity index is 641. The van der Waals surface area contributed by atoms with E-state index in [0.717, 1.165) is 57.0 Å². The summed E-state index contributed by atoms with van der Waals surface area (Å²) in [4.78, 5) is 14.1. The predicted molar refractivity (Wildman–Crippen MR) is 98.3 cm³/mol. The van der Waals surface area contributed by atoms with Crippen molar-refractivity contribution in [1.29, 1.82) is 0 Å². The number of aliphatic hydroxyl groups excluding tert-OH is 1. The van der Waals surface area contributed by atoms with Gasteiger partial charge in [-0.2, -0.15) is 4.98 Å². The number of rotatable bonds is 3. The van der Waals surface area contributed by atoms with Crippen LogP contribution in [0.25, 0.3) is 0 Å². The number of ether oxygens (including phenoxy) is 1. The highest BCUT2D eigenvalue weighted by Crippen LogP contribution is 2.51. The average molecular weight is 346 g/mol. The minimum absolute atomic E-state index is 0.0390. The molecule has 0 unspecified atom stereocenters. The zero-order chi connectivity index (χ0) is 17.6. The molecule has 3 aliphatic rings. The molecule has 0 amide bonds. The highest BCUT2D eigenvalue weighted by Gasteiger charge is 2.56. The Labute approximate surface area is 150 Å². The van der Waals surface area contributed by atoms with Crippen molar-refractivity contribution in [2.24, 2.45) is 5.41 Å². The molecule has 2 aliphatic carbocycles. The summed E-state index contributed by atoms with van der Waals surface area (Å²) in [5.41, 5.74) is 2.55. The molecule has 6 nitrogen and oxygen atoms in total. The number of hydrogen-bond acceptors (Lipinski definition) is 6. The van der Waals surface area contributed by atoms with Crippen molar-refractivity contribution in [3.05, 3.63) is 11.3 Å². The third-order valence-electron chi connectivity index (χ3n) is 6.57. The van der Waals surface area contributed by atoms with E-state index in [4.69, 9.17) is 14.7 Å². The second kappa shape index (κ2) is 6.40. The molecule has 1 aromatic heterocycles. The molecule has 25 heavy (non-hydrogen) atoms. The molecule has 1 aromatic rings. The number of fused-ring (bicyclic) bond motifs is 1. The van der Waals surface area contributed by atoms with E-state index in [1.165, 1.54) is 24.1 Å². The zero-order valence-corrected chi connectivity index (χ0v) is 15.7. The molecule has 1 aliphatic heterocycles. The Morgan fingerprint density at radius 1 is 1.16 bits per heavy atom. The molecule has 0 aromatic carbocycles. The fourth-order valence-electron chi connectivity index (χ4n) is 4.87. The third kappa shape index (κ3) is 2.70. The van der Waals surface area contributed by atoms with Gasteiger partial charge < -0.3 is 19.6 Å². The molecule has 2 fully saturated rings. The van der Waals surface area contributed by atoms with Crippen molar-refractivity contribution in [2.75, 3.05) is 44.1 Å². The fraction of sp³-hybridized carbons (Fsp3) is 0.789. The Hall–Kier alpha value is -1.40. The molecule has 6 heteroatoms. The van der Waals surface area contributed by atoms with Crippen LogP contribution >= 0.6 is 0 Å². The number of anilines is 2. The van der Waals surface area contributed by atoms with E-state index in [2.05, 4.69) is 4.90 Å². The first-order chi connectivity index (χ1) is 12.0. The van der Waals surface area contributed by atoms with Crippen LogP contribution in [0.3, 0.4) is 0 Å². The molecule has 2 heterocycles. The lowest BCUT2D eigenvalue weighted by atomic mass is 9.58. The van der Waals surface area contributed by atoms with Crippen LogP contribution in [0.1, 0.15) is 43.4 Å². The molecular formula is C19H30N4O2. The van der Waals surface area contributed by atoms with Gasteiger partial charge in [-0.15, -0.1) is 0 Å². The molecule has 0 bridgehead atoms. The smallest absolute Gasteiger partial charge is 0.227 e. The maximum absolute atomic E-state index is 10.4. The molecule has 1 spiro atoms. The summed E-state index contributed by atoms with van der Waals surface area (Å²) >= 11 is 0. The average Bonchev–Trinajstić information content (AvgIpc) is 2.65. The van der Waals surface area contributed by atoms with E-state index < -0.39 is 0 Å². The van der Waals surface area contributed by atoms with Gasteiger partial charge in [-0.05, 0) is 38.5 Å². The van der Waals surface area contributed by atoms with Gasteiger partial charge in [0.25, 0.3) is 0 Å². The molecule has 138 valence electrons. The molecule has 1 saturated heterocycles. The predicted octanol–water partition coefficient (Wildman–Crippen LogP) is 1.79. The van der Waals surface area contributed by atoms with Crippen molar-refractivity contribution in [2.45, 2.75) is 57.2 Å². The van der Waals surface area contributed by atoms with E-state index in [-0.39, 0.29) is 17.6 Å². The Balaban J connectivity index is 1.59. The first-order valence-corrected chi connectivity index (χ1v) is 9.58. The summed E-state index contributed by atoms with van der Waals surface area (Å²) in [7, 11) is 5.79. The summed E-state index contributed by atoms with van der Waals surface area (Å²) < 4.78 is 5.62. The van der Waals surface area contributed by atoms with Crippen molar-refractivity contribution in [1.82, 2.24) is 9.97 Å². The molecule has 1 saturated carbocycles. The summed E-state index contributed by atoms with van der Waals surface area (Å²) in [6.45, 7) is 1.88. The van der Waals surface area contributed by atoms with Gasteiger partial charge in [0.05, 0.1) is 17.9 Å². The zero-order valence-electron chi connectivity index (χ0n) is 15.7. The quantitative estimate of drug-likeness (QED) is 0.900. The van der Waals surface area contributed by atoms with E-state index in [1.54, 1.807) is 7.11 Å². The van der Waals surface area contributed by atoms with Gasteiger partial charge in [0.2, 0.25) is 5.95 Å². The van der Waals surface area contributed by atoms with Crippen LogP contribution in [0.15, 0.2) is 0 Å². The Morgan fingerprint density at radius 3 is 2.52 bits per heavy atom. The number of aromatic nitrogens is 2. The lowest BCUT2D eigenvalue weighted by Gasteiger charge is -2.56. The standard InChI is InChI=1S/C19H30N4O2/c1-22(2)18-20-14-7-5-4-6-13(14)17(21-18)23-10-8-19(9-11-23)15(24)12-16(19)25-3/h15-16,24H,4-12H2,1-3H3/t15-,16+/m1/s1. The maximum Gasteiger partial charge on any atom is 0.227 e. The normalized spacial score (nSPS) is 27.8. The molecule has 0 radical (unpaired) electrons. The minimum atomic E-state index is -0.212. The van der Waals surface area contributed by atoms with Gasteiger partial charge in [-0.1, -0.05) is 0 Å². The van der Waals surface area contributed by atoms with E-state index in [9.17, 15) is 5.11 Å². The lowest BCUT2D eigenvalue weighted by Crippen LogP contribution is -2.62. The lowest BCUT2D eigenvalue weighted by molar-refractivity contribution is -0.190.